The van der Waals surface area contributed by atoms with E-state index in [2.05, 4.69) is 20.7 Å². The van der Waals surface area contributed by atoms with E-state index >= 15 is 0 Å². The molecule has 3 heterocycles. The molecule has 0 atom stereocenters. The number of nitrogens with one attached hydrogen (secondary N) is 2. The number of carbonyl (C=O) groups excluding carboxylic acids is 1. The standard InChI is InChI=1S/C19H21FN6O2S/c1-12-16(10-25(24-12)7-8-28-2)22-18-23-17(11-29-18)14-4-3-13(9-15(14)20)26-6-5-21-19(26)27/h3-4,9-11H,5-8H2,1-2H3,(H,21,27)(H,22,23). The monoisotopic (exact) mass is 416 g/mol. The largest absolute Gasteiger partial charge is 0.383 e. The highest BCUT2D eigenvalue weighted by Crippen LogP contribution is 2.31. The first-order valence-electron chi connectivity index (χ1n) is 9.16. The van der Waals surface area contributed by atoms with Gasteiger partial charge in [-0.25, -0.2) is 14.2 Å². The van der Waals surface area contributed by atoms with Crippen LogP contribution in [0, 0.1) is 12.7 Å². The fourth-order valence-corrected chi connectivity index (χ4v) is 3.83. The van der Waals surface area contributed by atoms with Crippen molar-refractivity contribution >= 4 is 33.9 Å². The minimum atomic E-state index is -0.414. The summed E-state index contributed by atoms with van der Waals surface area (Å²) in [6.45, 7) is 4.24. The number of aryl methyl sites for hydroxylation is 1. The lowest BCUT2D eigenvalue weighted by Crippen LogP contribution is -2.27. The lowest BCUT2D eigenvalue weighted by Gasteiger charge is -2.14. The Balaban J connectivity index is 1.50. The van der Waals surface area contributed by atoms with E-state index in [1.54, 1.807) is 24.6 Å². The summed E-state index contributed by atoms with van der Waals surface area (Å²) in [5, 5.41) is 12.8. The quantitative estimate of drug-likeness (QED) is 0.617. The van der Waals surface area contributed by atoms with E-state index in [4.69, 9.17) is 4.74 Å². The van der Waals surface area contributed by atoms with Gasteiger partial charge in [0, 0.05) is 43.0 Å². The van der Waals surface area contributed by atoms with Crippen molar-refractivity contribution in [2.24, 2.45) is 0 Å². The van der Waals surface area contributed by atoms with Crippen LogP contribution in [0.3, 0.4) is 0 Å². The van der Waals surface area contributed by atoms with Gasteiger partial charge in [0.15, 0.2) is 5.13 Å². The Bertz CT molecular complexity index is 1030. The van der Waals surface area contributed by atoms with Crippen LogP contribution in [0.15, 0.2) is 29.8 Å². The molecule has 2 N–H and O–H groups in total. The molecule has 1 fully saturated rings. The first kappa shape index (κ1) is 19.3. The van der Waals surface area contributed by atoms with Gasteiger partial charge in [0.1, 0.15) is 5.82 Å². The number of ether oxygens (including phenoxy) is 1. The van der Waals surface area contributed by atoms with Gasteiger partial charge >= 0.3 is 6.03 Å². The average molecular weight is 416 g/mol. The van der Waals surface area contributed by atoms with E-state index in [0.717, 1.165) is 11.4 Å². The Morgan fingerprint density at radius 2 is 2.28 bits per heavy atom. The number of carbonyl (C=O) groups is 1. The van der Waals surface area contributed by atoms with Gasteiger partial charge in [0.05, 0.1) is 30.2 Å². The SMILES string of the molecule is COCCn1cc(Nc2nc(-c3ccc(N4CCNC4=O)cc3F)cs2)c(C)n1. The minimum absolute atomic E-state index is 0.210. The van der Waals surface area contributed by atoms with Crippen molar-refractivity contribution < 1.29 is 13.9 Å². The van der Waals surface area contributed by atoms with Gasteiger partial charge in [-0.1, -0.05) is 0 Å². The lowest BCUT2D eigenvalue weighted by atomic mass is 10.1. The van der Waals surface area contributed by atoms with Crippen molar-refractivity contribution in [3.8, 4) is 11.3 Å². The minimum Gasteiger partial charge on any atom is -0.383 e. The number of methoxy groups -OCH3 is 1. The summed E-state index contributed by atoms with van der Waals surface area (Å²) < 4.78 is 21.6. The zero-order chi connectivity index (χ0) is 20.4. The maximum Gasteiger partial charge on any atom is 0.321 e. The van der Waals surface area contributed by atoms with Gasteiger partial charge < -0.3 is 15.4 Å². The number of anilines is 3. The third-order valence-electron chi connectivity index (χ3n) is 4.61. The number of nitrogens with zero attached hydrogens (tertiary/aromatic N) is 4. The Hall–Kier alpha value is -2.98. The number of halogens is 1. The highest BCUT2D eigenvalue weighted by atomic mass is 32.1. The van der Waals surface area contributed by atoms with Crippen molar-refractivity contribution in [3.63, 3.8) is 0 Å². The first-order valence-corrected chi connectivity index (χ1v) is 10.0. The van der Waals surface area contributed by atoms with E-state index in [9.17, 15) is 9.18 Å². The van der Waals surface area contributed by atoms with Crippen molar-refractivity contribution in [2.75, 3.05) is 37.0 Å². The number of benzene rings is 1. The van der Waals surface area contributed by atoms with Crippen LogP contribution < -0.4 is 15.5 Å². The molecule has 1 saturated heterocycles. The number of hydrogen-bond donors (Lipinski definition) is 2. The van der Waals surface area contributed by atoms with Gasteiger partial charge in [0.2, 0.25) is 0 Å². The van der Waals surface area contributed by atoms with Gasteiger partial charge in [-0.2, -0.15) is 5.10 Å². The molecule has 2 amide bonds. The van der Waals surface area contributed by atoms with Gasteiger partial charge in [-0.05, 0) is 25.1 Å². The summed E-state index contributed by atoms with van der Waals surface area (Å²) in [5.41, 5.74) is 3.16. The highest BCUT2D eigenvalue weighted by molar-refractivity contribution is 7.14. The van der Waals surface area contributed by atoms with E-state index in [1.807, 2.05) is 17.8 Å². The van der Waals surface area contributed by atoms with Crippen LogP contribution in [0.4, 0.5) is 25.7 Å². The number of amides is 2. The van der Waals surface area contributed by atoms with E-state index in [1.165, 1.54) is 22.3 Å². The molecule has 10 heteroatoms. The fraction of sp³-hybridized carbons (Fsp3) is 0.316. The van der Waals surface area contributed by atoms with Crippen LogP contribution in [-0.2, 0) is 11.3 Å². The molecule has 0 radical (unpaired) electrons. The summed E-state index contributed by atoms with van der Waals surface area (Å²) in [6, 6.07) is 4.55. The Morgan fingerprint density at radius 3 is 3.00 bits per heavy atom. The zero-order valence-electron chi connectivity index (χ0n) is 16.1. The molecule has 0 aliphatic carbocycles. The molecular formula is C19H21FN6O2S. The molecule has 0 bridgehead atoms. The summed E-state index contributed by atoms with van der Waals surface area (Å²) in [4.78, 5) is 17.8. The third-order valence-corrected chi connectivity index (χ3v) is 5.37. The van der Waals surface area contributed by atoms with Crippen molar-refractivity contribution in [2.45, 2.75) is 13.5 Å². The molecule has 0 saturated carbocycles. The maximum absolute atomic E-state index is 14.7. The zero-order valence-corrected chi connectivity index (χ0v) is 16.9. The number of thiazole rings is 1. The number of aromatic nitrogens is 3. The summed E-state index contributed by atoms with van der Waals surface area (Å²) in [5.74, 6) is -0.414. The van der Waals surface area contributed by atoms with E-state index in [-0.39, 0.29) is 6.03 Å². The Labute approximate surface area is 171 Å². The average Bonchev–Trinajstić information content (AvgIpc) is 3.41. The second kappa shape index (κ2) is 8.18. The van der Waals surface area contributed by atoms with Gasteiger partial charge in [0.25, 0.3) is 0 Å². The second-order valence-corrected chi connectivity index (χ2v) is 7.45. The van der Waals surface area contributed by atoms with Gasteiger partial charge in [-0.3, -0.25) is 9.58 Å². The van der Waals surface area contributed by atoms with Crippen LogP contribution >= 0.6 is 11.3 Å². The number of rotatable bonds is 7. The van der Waals surface area contributed by atoms with Crippen LogP contribution in [0.25, 0.3) is 11.3 Å². The molecule has 4 rings (SSSR count). The highest BCUT2D eigenvalue weighted by Gasteiger charge is 2.22. The maximum atomic E-state index is 14.7. The van der Waals surface area contributed by atoms with Crippen LogP contribution in [-0.4, -0.2) is 47.6 Å². The Kier molecular flexibility index (Phi) is 5.45. The number of hydrogen-bond acceptors (Lipinski definition) is 6. The summed E-state index contributed by atoms with van der Waals surface area (Å²) in [6.07, 6.45) is 1.89. The van der Waals surface area contributed by atoms with Crippen molar-refractivity contribution in [1.82, 2.24) is 20.1 Å². The topological polar surface area (TPSA) is 84.3 Å². The van der Waals surface area contributed by atoms with E-state index < -0.39 is 5.82 Å². The first-order chi connectivity index (χ1) is 14.0. The lowest BCUT2D eigenvalue weighted by molar-refractivity contribution is 0.183. The smallest absolute Gasteiger partial charge is 0.321 e. The molecule has 8 nitrogen and oxygen atoms in total. The summed E-state index contributed by atoms with van der Waals surface area (Å²) >= 11 is 1.39. The van der Waals surface area contributed by atoms with Crippen molar-refractivity contribution in [1.29, 1.82) is 0 Å². The van der Waals surface area contributed by atoms with Gasteiger partial charge in [-0.15, -0.1) is 11.3 Å². The van der Waals surface area contributed by atoms with E-state index in [0.29, 0.717) is 48.3 Å². The molecule has 152 valence electrons. The molecule has 2 aromatic heterocycles. The molecule has 3 aromatic rings. The normalized spacial score (nSPS) is 13.8. The molecule has 29 heavy (non-hydrogen) atoms. The predicted molar refractivity (Wildman–Crippen MR) is 110 cm³/mol. The predicted octanol–water partition coefficient (Wildman–Crippen LogP) is 3.37. The Morgan fingerprint density at radius 1 is 1.41 bits per heavy atom. The third kappa shape index (κ3) is 4.08. The second-order valence-electron chi connectivity index (χ2n) is 6.59. The van der Waals surface area contributed by atoms with Crippen molar-refractivity contribution in [3.05, 3.63) is 41.3 Å². The number of urea groups is 1. The fourth-order valence-electron chi connectivity index (χ4n) is 3.11. The molecule has 0 unspecified atom stereocenters. The molecule has 1 aromatic carbocycles. The molecule has 1 aliphatic heterocycles. The van der Waals surface area contributed by atoms with Crippen LogP contribution in [0.1, 0.15) is 5.69 Å². The van der Waals surface area contributed by atoms with Crippen LogP contribution in [0.2, 0.25) is 0 Å². The van der Waals surface area contributed by atoms with Crippen LogP contribution in [0.5, 0.6) is 0 Å². The summed E-state index contributed by atoms with van der Waals surface area (Å²) in [7, 11) is 1.65. The molecule has 0 spiro atoms. The molecular weight excluding hydrogens is 395 g/mol. The molecule has 1 aliphatic rings.